The lowest BCUT2D eigenvalue weighted by Gasteiger charge is -2.12. The van der Waals surface area contributed by atoms with Crippen molar-refractivity contribution in [2.75, 3.05) is 0 Å². The Labute approximate surface area is 192 Å². The van der Waals surface area contributed by atoms with Crippen molar-refractivity contribution in [1.29, 1.82) is 0 Å². The van der Waals surface area contributed by atoms with E-state index in [0.29, 0.717) is 0 Å². The van der Waals surface area contributed by atoms with Crippen LogP contribution in [0.25, 0.3) is 49.7 Å². The largest absolute Gasteiger partial charge is 0.309 e. The topological polar surface area (TPSA) is 4.93 Å². The molecular formula is C30H20ClN. The van der Waals surface area contributed by atoms with Gasteiger partial charge in [0, 0.05) is 21.5 Å². The maximum absolute atomic E-state index is 6.37. The van der Waals surface area contributed by atoms with Crippen LogP contribution in [-0.4, -0.2) is 4.57 Å². The molecule has 0 fully saturated rings. The van der Waals surface area contributed by atoms with Crippen LogP contribution in [-0.2, 0) is 0 Å². The molecule has 0 aliphatic rings. The average Bonchev–Trinajstić information content (AvgIpc) is 3.18. The molecule has 0 radical (unpaired) electrons. The van der Waals surface area contributed by atoms with Gasteiger partial charge in [0.1, 0.15) is 0 Å². The van der Waals surface area contributed by atoms with Gasteiger partial charge in [-0.1, -0.05) is 103 Å². The van der Waals surface area contributed by atoms with E-state index in [0.717, 1.165) is 16.2 Å². The van der Waals surface area contributed by atoms with Crippen LogP contribution in [0, 0.1) is 0 Å². The maximum atomic E-state index is 6.37. The molecule has 0 saturated heterocycles. The van der Waals surface area contributed by atoms with Crippen LogP contribution in [0.2, 0.25) is 5.02 Å². The van der Waals surface area contributed by atoms with E-state index in [1.165, 1.54) is 38.5 Å². The Hall–Kier alpha value is -3.81. The number of hydrogen-bond donors (Lipinski definition) is 0. The molecule has 0 spiro atoms. The summed E-state index contributed by atoms with van der Waals surface area (Å²) in [5, 5.41) is 3.19. The Balaban J connectivity index is 1.51. The van der Waals surface area contributed by atoms with Gasteiger partial charge in [0.2, 0.25) is 0 Å². The lowest BCUT2D eigenvalue weighted by Crippen LogP contribution is -1.94. The van der Waals surface area contributed by atoms with Gasteiger partial charge >= 0.3 is 0 Å². The zero-order chi connectivity index (χ0) is 21.5. The molecule has 1 heterocycles. The van der Waals surface area contributed by atoms with E-state index < -0.39 is 0 Å². The number of fused-ring (bicyclic) bond motifs is 3. The van der Waals surface area contributed by atoms with Crippen LogP contribution in [0.15, 0.2) is 121 Å². The molecule has 0 bridgehead atoms. The Morgan fingerprint density at radius 2 is 1.06 bits per heavy atom. The number of benzene rings is 5. The van der Waals surface area contributed by atoms with E-state index in [2.05, 4.69) is 120 Å². The minimum Gasteiger partial charge on any atom is -0.309 e. The van der Waals surface area contributed by atoms with E-state index >= 15 is 0 Å². The highest BCUT2D eigenvalue weighted by atomic mass is 35.5. The second kappa shape index (κ2) is 7.71. The van der Waals surface area contributed by atoms with Crippen molar-refractivity contribution in [1.82, 2.24) is 4.57 Å². The zero-order valence-corrected chi connectivity index (χ0v) is 18.1. The third-order valence-corrected chi connectivity index (χ3v) is 6.32. The Morgan fingerprint density at radius 3 is 1.81 bits per heavy atom. The van der Waals surface area contributed by atoms with Crippen molar-refractivity contribution in [2.24, 2.45) is 0 Å². The van der Waals surface area contributed by atoms with E-state index in [1.54, 1.807) is 0 Å². The fourth-order valence-electron chi connectivity index (χ4n) is 4.62. The number of rotatable bonds is 3. The summed E-state index contributed by atoms with van der Waals surface area (Å²) in [6.07, 6.45) is 0. The summed E-state index contributed by atoms with van der Waals surface area (Å²) in [4.78, 5) is 0. The molecule has 0 atom stereocenters. The van der Waals surface area contributed by atoms with Crippen LogP contribution in [0.3, 0.4) is 0 Å². The van der Waals surface area contributed by atoms with Crippen molar-refractivity contribution in [2.45, 2.75) is 0 Å². The predicted molar refractivity (Wildman–Crippen MR) is 137 cm³/mol. The third kappa shape index (κ3) is 3.10. The summed E-state index contributed by atoms with van der Waals surface area (Å²) < 4.78 is 2.30. The summed E-state index contributed by atoms with van der Waals surface area (Å²) in [6, 6.07) is 42.6. The van der Waals surface area contributed by atoms with Crippen LogP contribution >= 0.6 is 11.6 Å². The molecular weight excluding hydrogens is 410 g/mol. The van der Waals surface area contributed by atoms with Crippen LogP contribution in [0.1, 0.15) is 0 Å². The normalized spacial score (nSPS) is 11.3. The van der Waals surface area contributed by atoms with Gasteiger partial charge in [0.15, 0.2) is 0 Å². The molecule has 0 unspecified atom stereocenters. The molecule has 2 heteroatoms. The maximum Gasteiger partial charge on any atom is 0.0555 e. The first-order chi connectivity index (χ1) is 15.8. The number of hydrogen-bond acceptors (Lipinski definition) is 0. The summed E-state index contributed by atoms with van der Waals surface area (Å²) in [5.74, 6) is 0. The van der Waals surface area contributed by atoms with Crippen LogP contribution in [0.4, 0.5) is 0 Å². The number of nitrogens with zero attached hydrogens (tertiary/aromatic N) is 1. The smallest absolute Gasteiger partial charge is 0.0555 e. The molecule has 6 rings (SSSR count). The lowest BCUT2D eigenvalue weighted by atomic mass is 9.94. The van der Waals surface area contributed by atoms with Gasteiger partial charge in [0.25, 0.3) is 0 Å². The van der Waals surface area contributed by atoms with Gasteiger partial charge in [-0.15, -0.1) is 0 Å². The SMILES string of the molecule is Clc1ccc2c3ccccc3n(-c3ccc(-c4ccccc4-c4ccccc4)cc3)c2c1. The molecule has 1 aromatic heterocycles. The van der Waals surface area contributed by atoms with Crippen molar-refractivity contribution in [3.8, 4) is 27.9 Å². The Bertz CT molecular complexity index is 1560. The van der Waals surface area contributed by atoms with E-state index in [4.69, 9.17) is 11.6 Å². The fourth-order valence-corrected chi connectivity index (χ4v) is 4.78. The quantitative estimate of drug-likeness (QED) is 0.265. The monoisotopic (exact) mass is 429 g/mol. The van der Waals surface area contributed by atoms with E-state index in [1.807, 2.05) is 6.07 Å². The van der Waals surface area contributed by atoms with E-state index in [9.17, 15) is 0 Å². The van der Waals surface area contributed by atoms with Gasteiger partial charge in [-0.2, -0.15) is 0 Å². The van der Waals surface area contributed by atoms with E-state index in [-0.39, 0.29) is 0 Å². The molecule has 32 heavy (non-hydrogen) atoms. The van der Waals surface area contributed by atoms with Gasteiger partial charge in [-0.05, 0) is 52.6 Å². The molecule has 152 valence electrons. The standard InChI is InChI=1S/C30H20ClN/c31-23-16-19-28-27-12-6-7-13-29(27)32(30(28)20-23)24-17-14-22(15-18-24)26-11-5-4-10-25(26)21-8-2-1-3-9-21/h1-20H. The summed E-state index contributed by atoms with van der Waals surface area (Å²) in [5.41, 5.74) is 8.33. The van der Waals surface area contributed by atoms with Gasteiger partial charge in [-0.25, -0.2) is 0 Å². The van der Waals surface area contributed by atoms with Crippen LogP contribution in [0.5, 0.6) is 0 Å². The zero-order valence-electron chi connectivity index (χ0n) is 17.4. The van der Waals surface area contributed by atoms with Gasteiger partial charge in [-0.3, -0.25) is 0 Å². The Morgan fingerprint density at radius 1 is 0.469 bits per heavy atom. The summed E-state index contributed by atoms with van der Waals surface area (Å²) in [6.45, 7) is 0. The molecule has 0 aliphatic heterocycles. The number of para-hydroxylation sites is 1. The Kier molecular flexibility index (Phi) is 4.56. The minimum absolute atomic E-state index is 0.745. The number of aromatic nitrogens is 1. The second-order valence-electron chi connectivity index (χ2n) is 7.97. The summed E-state index contributed by atoms with van der Waals surface area (Å²) >= 11 is 6.37. The molecule has 6 aromatic rings. The minimum atomic E-state index is 0.745. The molecule has 1 nitrogen and oxygen atoms in total. The van der Waals surface area contributed by atoms with Crippen molar-refractivity contribution >= 4 is 33.4 Å². The first-order valence-electron chi connectivity index (χ1n) is 10.7. The molecule has 0 saturated carbocycles. The highest BCUT2D eigenvalue weighted by Gasteiger charge is 2.13. The lowest BCUT2D eigenvalue weighted by molar-refractivity contribution is 1.18. The van der Waals surface area contributed by atoms with Crippen LogP contribution < -0.4 is 0 Å². The first kappa shape index (κ1) is 18.9. The second-order valence-corrected chi connectivity index (χ2v) is 8.41. The fraction of sp³-hybridized carbons (Fsp3) is 0. The van der Waals surface area contributed by atoms with Gasteiger partial charge < -0.3 is 4.57 Å². The predicted octanol–water partition coefficient (Wildman–Crippen LogP) is 8.77. The molecule has 0 aliphatic carbocycles. The highest BCUT2D eigenvalue weighted by molar-refractivity contribution is 6.31. The molecule has 5 aromatic carbocycles. The van der Waals surface area contributed by atoms with Crippen molar-refractivity contribution in [3.05, 3.63) is 126 Å². The number of halogens is 1. The third-order valence-electron chi connectivity index (χ3n) is 6.08. The highest BCUT2D eigenvalue weighted by Crippen LogP contribution is 2.35. The first-order valence-corrected chi connectivity index (χ1v) is 11.1. The molecule has 0 amide bonds. The van der Waals surface area contributed by atoms with Crippen molar-refractivity contribution < 1.29 is 0 Å². The van der Waals surface area contributed by atoms with Gasteiger partial charge in [0.05, 0.1) is 11.0 Å². The molecule has 0 N–H and O–H groups in total. The summed E-state index contributed by atoms with van der Waals surface area (Å²) in [7, 11) is 0. The van der Waals surface area contributed by atoms with Crippen molar-refractivity contribution in [3.63, 3.8) is 0 Å². The average molecular weight is 430 g/mol.